The predicted octanol–water partition coefficient (Wildman–Crippen LogP) is 0.978. The maximum Gasteiger partial charge on any atom is 0.211 e. The Bertz CT molecular complexity index is 318. The van der Waals surface area contributed by atoms with E-state index < -0.39 is 5.82 Å². The molecule has 0 saturated carbocycles. The van der Waals surface area contributed by atoms with Crippen LogP contribution in [0.25, 0.3) is 0 Å². The van der Waals surface area contributed by atoms with Crippen LogP contribution in [0, 0.1) is 5.82 Å². The van der Waals surface area contributed by atoms with Gasteiger partial charge in [-0.3, -0.25) is 9.78 Å². The van der Waals surface area contributed by atoms with Crippen LogP contribution in [0.3, 0.4) is 0 Å². The van der Waals surface area contributed by atoms with Gasteiger partial charge in [0.05, 0.1) is 24.2 Å². The molecule has 1 amide bonds. The summed E-state index contributed by atoms with van der Waals surface area (Å²) in [6.45, 7) is 0.421. The molecule has 1 rings (SSSR count). The second kappa shape index (κ2) is 5.29. The van der Waals surface area contributed by atoms with Crippen LogP contribution in [0.15, 0.2) is 12.3 Å². The number of halogens is 1. The van der Waals surface area contributed by atoms with Crippen LogP contribution in [0.2, 0.25) is 0 Å². The van der Waals surface area contributed by atoms with Gasteiger partial charge in [-0.25, -0.2) is 4.39 Å². The zero-order chi connectivity index (χ0) is 10.4. The minimum Gasteiger partial charge on any atom is -0.384 e. The van der Waals surface area contributed by atoms with E-state index in [0.29, 0.717) is 30.8 Å². The second-order valence-corrected chi connectivity index (χ2v) is 2.66. The molecule has 0 spiro atoms. The third-order valence-corrected chi connectivity index (χ3v) is 1.69. The summed E-state index contributed by atoms with van der Waals surface area (Å²) in [5, 5.41) is 2.32. The summed E-state index contributed by atoms with van der Waals surface area (Å²) in [5.74, 6) is -0.436. The number of ether oxygens (including phenoxy) is 1. The molecule has 0 aliphatic heterocycles. The van der Waals surface area contributed by atoms with E-state index in [1.54, 1.807) is 7.11 Å². The smallest absolute Gasteiger partial charge is 0.211 e. The van der Waals surface area contributed by atoms with E-state index in [9.17, 15) is 9.18 Å². The zero-order valence-electron chi connectivity index (χ0n) is 7.79. The first-order valence-corrected chi connectivity index (χ1v) is 4.11. The number of aromatic nitrogens is 1. The average molecular weight is 198 g/mol. The summed E-state index contributed by atoms with van der Waals surface area (Å²) in [6.07, 6.45) is 2.30. The molecule has 1 heterocycles. The van der Waals surface area contributed by atoms with E-state index in [4.69, 9.17) is 4.74 Å². The lowest BCUT2D eigenvalue weighted by molar-refractivity contribution is -0.105. The first kappa shape index (κ1) is 10.6. The van der Waals surface area contributed by atoms with Crippen molar-refractivity contribution in [1.29, 1.82) is 0 Å². The molecule has 5 heteroatoms. The topological polar surface area (TPSA) is 51.2 Å². The molecule has 1 N–H and O–H groups in total. The molecule has 0 atom stereocenters. The van der Waals surface area contributed by atoms with Crippen LogP contribution >= 0.6 is 0 Å². The van der Waals surface area contributed by atoms with E-state index >= 15 is 0 Å². The molecule has 0 fully saturated rings. The minimum atomic E-state index is -0.436. The molecule has 0 aromatic carbocycles. The molecule has 0 radical (unpaired) electrons. The van der Waals surface area contributed by atoms with Crippen LogP contribution in [0.4, 0.5) is 10.1 Å². The van der Waals surface area contributed by atoms with Gasteiger partial charge in [0.25, 0.3) is 0 Å². The van der Waals surface area contributed by atoms with Crippen molar-refractivity contribution in [3.8, 4) is 0 Å². The van der Waals surface area contributed by atoms with E-state index in [-0.39, 0.29) is 0 Å². The summed E-state index contributed by atoms with van der Waals surface area (Å²) in [7, 11) is 1.54. The number of nitrogens with zero attached hydrogens (tertiary/aromatic N) is 1. The van der Waals surface area contributed by atoms with Crippen molar-refractivity contribution in [2.45, 2.75) is 6.42 Å². The standard InChI is InChI=1S/C9H11FN2O2/c1-14-3-2-9-8(10)4-7(5-11-9)12-6-13/h4-6H,2-3H2,1H3,(H,12,13). The zero-order valence-corrected chi connectivity index (χ0v) is 7.79. The molecule has 0 aliphatic carbocycles. The lowest BCUT2D eigenvalue weighted by atomic mass is 10.2. The fourth-order valence-corrected chi connectivity index (χ4v) is 0.996. The Morgan fingerprint density at radius 1 is 1.71 bits per heavy atom. The van der Waals surface area contributed by atoms with Crippen molar-refractivity contribution in [1.82, 2.24) is 4.98 Å². The van der Waals surface area contributed by atoms with Gasteiger partial charge in [-0.1, -0.05) is 0 Å². The van der Waals surface area contributed by atoms with E-state index in [1.165, 1.54) is 12.3 Å². The van der Waals surface area contributed by atoms with Gasteiger partial charge >= 0.3 is 0 Å². The van der Waals surface area contributed by atoms with Gasteiger partial charge in [0.2, 0.25) is 6.41 Å². The molecule has 0 bridgehead atoms. The lowest BCUT2D eigenvalue weighted by Crippen LogP contribution is -2.03. The van der Waals surface area contributed by atoms with Gasteiger partial charge in [-0.15, -0.1) is 0 Å². The Morgan fingerprint density at radius 2 is 2.50 bits per heavy atom. The molecular formula is C9H11FN2O2. The fraction of sp³-hybridized carbons (Fsp3) is 0.333. The normalized spacial score (nSPS) is 9.86. The lowest BCUT2D eigenvalue weighted by Gasteiger charge is -2.03. The number of hydrogen-bond donors (Lipinski definition) is 1. The van der Waals surface area contributed by atoms with Gasteiger partial charge in [0, 0.05) is 19.6 Å². The second-order valence-electron chi connectivity index (χ2n) is 2.66. The Hall–Kier alpha value is -1.49. The Balaban J connectivity index is 2.73. The highest BCUT2D eigenvalue weighted by Crippen LogP contribution is 2.11. The van der Waals surface area contributed by atoms with Crippen molar-refractivity contribution < 1.29 is 13.9 Å². The van der Waals surface area contributed by atoms with Crippen LogP contribution in [-0.2, 0) is 16.0 Å². The van der Waals surface area contributed by atoms with Gasteiger partial charge in [0.15, 0.2) is 0 Å². The largest absolute Gasteiger partial charge is 0.384 e. The Labute approximate surface area is 81.1 Å². The van der Waals surface area contributed by atoms with Crippen molar-refractivity contribution in [2.75, 3.05) is 19.0 Å². The summed E-state index contributed by atoms with van der Waals surface area (Å²) in [6, 6.07) is 1.23. The summed E-state index contributed by atoms with van der Waals surface area (Å²) < 4.78 is 18.0. The quantitative estimate of drug-likeness (QED) is 0.717. The summed E-state index contributed by atoms with van der Waals surface area (Å²) in [4.78, 5) is 13.9. The highest BCUT2D eigenvalue weighted by atomic mass is 19.1. The maximum atomic E-state index is 13.2. The number of rotatable bonds is 5. The van der Waals surface area contributed by atoms with Gasteiger partial charge in [0.1, 0.15) is 5.82 Å². The van der Waals surface area contributed by atoms with Crippen molar-refractivity contribution in [2.24, 2.45) is 0 Å². The first-order chi connectivity index (χ1) is 6.77. The van der Waals surface area contributed by atoms with Crippen LogP contribution in [-0.4, -0.2) is 25.1 Å². The number of methoxy groups -OCH3 is 1. The van der Waals surface area contributed by atoms with Crippen LogP contribution in [0.5, 0.6) is 0 Å². The SMILES string of the molecule is COCCc1ncc(NC=O)cc1F. The van der Waals surface area contributed by atoms with Crippen molar-refractivity contribution in [3.63, 3.8) is 0 Å². The molecule has 76 valence electrons. The number of nitrogens with one attached hydrogen (secondary N) is 1. The number of amides is 1. The predicted molar refractivity (Wildman–Crippen MR) is 49.5 cm³/mol. The molecule has 0 unspecified atom stereocenters. The number of anilines is 1. The minimum absolute atomic E-state index is 0.336. The number of carbonyl (C=O) groups is 1. The van der Waals surface area contributed by atoms with Crippen molar-refractivity contribution >= 4 is 12.1 Å². The van der Waals surface area contributed by atoms with Gasteiger partial charge < -0.3 is 10.1 Å². The molecule has 1 aromatic rings. The highest BCUT2D eigenvalue weighted by Gasteiger charge is 2.04. The molecule has 4 nitrogen and oxygen atoms in total. The van der Waals surface area contributed by atoms with E-state index in [1.807, 2.05) is 0 Å². The average Bonchev–Trinajstić information content (AvgIpc) is 2.17. The third-order valence-electron chi connectivity index (χ3n) is 1.69. The maximum absolute atomic E-state index is 13.2. The number of pyridine rings is 1. The van der Waals surface area contributed by atoms with Gasteiger partial charge in [-0.05, 0) is 0 Å². The number of carbonyl (C=O) groups excluding carboxylic acids is 1. The highest BCUT2D eigenvalue weighted by molar-refractivity contribution is 5.70. The molecule has 14 heavy (non-hydrogen) atoms. The van der Waals surface area contributed by atoms with E-state index in [2.05, 4.69) is 10.3 Å². The third kappa shape index (κ3) is 2.77. The van der Waals surface area contributed by atoms with Gasteiger partial charge in [-0.2, -0.15) is 0 Å². The molecule has 0 aliphatic rings. The van der Waals surface area contributed by atoms with Crippen molar-refractivity contribution in [3.05, 3.63) is 23.8 Å². The van der Waals surface area contributed by atoms with Crippen LogP contribution in [0.1, 0.15) is 5.69 Å². The number of hydrogen-bond acceptors (Lipinski definition) is 3. The fourth-order valence-electron chi connectivity index (χ4n) is 0.996. The summed E-state index contributed by atoms with van der Waals surface area (Å²) >= 11 is 0. The Kier molecular flexibility index (Phi) is 4.00. The molecule has 1 aromatic heterocycles. The summed E-state index contributed by atoms with van der Waals surface area (Å²) in [5.41, 5.74) is 0.682. The van der Waals surface area contributed by atoms with Crippen LogP contribution < -0.4 is 5.32 Å². The molecular weight excluding hydrogens is 187 g/mol. The Morgan fingerprint density at radius 3 is 3.07 bits per heavy atom. The molecule has 0 saturated heterocycles. The first-order valence-electron chi connectivity index (χ1n) is 4.11. The monoisotopic (exact) mass is 198 g/mol. The van der Waals surface area contributed by atoms with E-state index in [0.717, 1.165) is 0 Å².